The lowest BCUT2D eigenvalue weighted by Crippen LogP contribution is -2.71. The molecule has 2 fully saturated rings. The number of methoxy groups -OCH3 is 2. The number of hydrogen-bond donors (Lipinski definition) is 0. The van der Waals surface area contributed by atoms with Crippen molar-refractivity contribution in [1.29, 1.82) is 0 Å². The molecule has 0 bridgehead atoms. The van der Waals surface area contributed by atoms with Crippen LogP contribution in [0.3, 0.4) is 0 Å². The second kappa shape index (κ2) is 8.26. The number of rotatable bonds is 6. The highest BCUT2D eigenvalue weighted by atomic mass is 32.2. The van der Waals surface area contributed by atoms with Crippen LogP contribution >= 0.6 is 23.5 Å². The highest BCUT2D eigenvalue weighted by Crippen LogP contribution is 2.47. The number of benzene rings is 1. The van der Waals surface area contributed by atoms with Gasteiger partial charge in [-0.2, -0.15) is 11.8 Å². The highest BCUT2D eigenvalue weighted by molar-refractivity contribution is 8.12. The molecular weight excluding hydrogens is 398 g/mol. The van der Waals surface area contributed by atoms with E-state index in [1.54, 1.807) is 26.0 Å². The maximum atomic E-state index is 6.46. The molecule has 0 N–H and O–H groups in total. The quantitative estimate of drug-likeness (QED) is 0.693. The molecule has 8 heteroatoms. The Morgan fingerprint density at radius 3 is 2.43 bits per heavy atom. The van der Waals surface area contributed by atoms with E-state index in [0.717, 1.165) is 11.5 Å². The SMILES string of the molecule is CO[C@@]1(C)O[C@@H]2[C@H]3N=CS[C@H]3O[C@H](CSCc3ccccc3)[C@H]2O[C@]1(C)OC. The predicted octanol–water partition coefficient (Wildman–Crippen LogP) is 3.30. The third-order valence-electron chi connectivity index (χ3n) is 5.76. The van der Waals surface area contributed by atoms with Gasteiger partial charge in [-0.1, -0.05) is 42.1 Å². The summed E-state index contributed by atoms with van der Waals surface area (Å²) in [6, 6.07) is 10.3. The molecule has 0 spiro atoms. The van der Waals surface area contributed by atoms with Gasteiger partial charge in [-0.15, -0.1) is 0 Å². The molecule has 0 unspecified atom stereocenters. The molecule has 0 amide bonds. The van der Waals surface area contributed by atoms with E-state index in [4.69, 9.17) is 23.7 Å². The molecule has 28 heavy (non-hydrogen) atoms. The zero-order valence-corrected chi connectivity index (χ0v) is 18.2. The molecule has 154 valence electrons. The Morgan fingerprint density at radius 2 is 1.75 bits per heavy atom. The van der Waals surface area contributed by atoms with Gasteiger partial charge in [0.2, 0.25) is 11.6 Å². The second-order valence-electron chi connectivity index (χ2n) is 7.39. The van der Waals surface area contributed by atoms with Crippen molar-refractivity contribution in [1.82, 2.24) is 0 Å². The minimum absolute atomic E-state index is 0.0554. The zero-order valence-electron chi connectivity index (χ0n) is 16.6. The maximum absolute atomic E-state index is 6.46. The molecule has 0 aromatic heterocycles. The summed E-state index contributed by atoms with van der Waals surface area (Å²) in [7, 11) is 3.22. The molecule has 3 heterocycles. The van der Waals surface area contributed by atoms with Crippen LogP contribution in [0, 0.1) is 0 Å². The van der Waals surface area contributed by atoms with Crippen LogP contribution in [-0.4, -0.2) is 66.9 Å². The lowest BCUT2D eigenvalue weighted by atomic mass is 9.94. The predicted molar refractivity (Wildman–Crippen MR) is 112 cm³/mol. The van der Waals surface area contributed by atoms with E-state index in [2.05, 4.69) is 29.3 Å². The van der Waals surface area contributed by atoms with Crippen LogP contribution in [0.4, 0.5) is 0 Å². The molecule has 3 aliphatic heterocycles. The van der Waals surface area contributed by atoms with Gasteiger partial charge in [-0.05, 0) is 19.4 Å². The summed E-state index contributed by atoms with van der Waals surface area (Å²) in [5.74, 6) is -0.354. The first-order valence-corrected chi connectivity index (χ1v) is 11.5. The number of hydrogen-bond acceptors (Lipinski definition) is 8. The second-order valence-corrected chi connectivity index (χ2v) is 9.37. The summed E-state index contributed by atoms with van der Waals surface area (Å²) < 4.78 is 30.7. The third-order valence-corrected chi connectivity index (χ3v) is 7.77. The van der Waals surface area contributed by atoms with E-state index in [9.17, 15) is 0 Å². The summed E-state index contributed by atoms with van der Waals surface area (Å²) in [5.41, 5.74) is 3.09. The van der Waals surface area contributed by atoms with Crippen molar-refractivity contribution in [3.8, 4) is 0 Å². The zero-order chi connectivity index (χ0) is 19.8. The number of nitrogens with zero attached hydrogens (tertiary/aromatic N) is 1. The minimum Gasteiger partial charge on any atom is -0.358 e. The van der Waals surface area contributed by atoms with Gasteiger partial charge in [0, 0.05) is 25.7 Å². The molecule has 2 saturated heterocycles. The molecule has 0 radical (unpaired) electrons. The fourth-order valence-electron chi connectivity index (χ4n) is 3.81. The first-order chi connectivity index (χ1) is 13.5. The van der Waals surface area contributed by atoms with E-state index in [0.29, 0.717) is 0 Å². The van der Waals surface area contributed by atoms with Crippen molar-refractivity contribution in [2.75, 3.05) is 20.0 Å². The van der Waals surface area contributed by atoms with Gasteiger partial charge in [0.1, 0.15) is 23.7 Å². The van der Waals surface area contributed by atoms with E-state index < -0.39 is 11.6 Å². The summed E-state index contributed by atoms with van der Waals surface area (Å²) in [5, 5.41) is 0. The van der Waals surface area contributed by atoms with Crippen molar-refractivity contribution >= 4 is 29.1 Å². The number of fused-ring (bicyclic) bond motifs is 3. The normalized spacial score (nSPS) is 42.2. The van der Waals surface area contributed by atoms with Gasteiger partial charge in [-0.25, -0.2) is 0 Å². The number of ether oxygens (including phenoxy) is 5. The van der Waals surface area contributed by atoms with E-state index in [1.165, 1.54) is 5.56 Å². The first kappa shape index (κ1) is 20.7. The highest BCUT2D eigenvalue weighted by Gasteiger charge is 2.62. The van der Waals surface area contributed by atoms with Crippen molar-refractivity contribution in [2.45, 2.75) is 61.0 Å². The molecule has 4 rings (SSSR count). The Kier molecular flexibility index (Phi) is 6.09. The Balaban J connectivity index is 1.51. The van der Waals surface area contributed by atoms with E-state index in [1.807, 2.05) is 37.2 Å². The molecule has 3 aliphatic rings. The number of thioether (sulfide) groups is 2. The molecule has 0 aliphatic carbocycles. The van der Waals surface area contributed by atoms with Crippen LogP contribution in [0.5, 0.6) is 0 Å². The maximum Gasteiger partial charge on any atom is 0.220 e. The van der Waals surface area contributed by atoms with E-state index >= 15 is 0 Å². The van der Waals surface area contributed by atoms with Crippen molar-refractivity contribution in [3.05, 3.63) is 35.9 Å². The molecule has 1 aromatic carbocycles. The molecule has 1 aromatic rings. The molecule has 0 saturated carbocycles. The smallest absolute Gasteiger partial charge is 0.220 e. The topological polar surface area (TPSA) is 58.5 Å². The summed E-state index contributed by atoms with van der Waals surface area (Å²) in [6.45, 7) is 3.70. The van der Waals surface area contributed by atoms with Crippen molar-refractivity contribution in [2.24, 2.45) is 4.99 Å². The van der Waals surface area contributed by atoms with Crippen LogP contribution in [0.15, 0.2) is 35.3 Å². The number of aliphatic imine (C=N–C) groups is 1. The lowest BCUT2D eigenvalue weighted by Gasteiger charge is -2.56. The monoisotopic (exact) mass is 425 g/mol. The minimum atomic E-state index is -1.04. The van der Waals surface area contributed by atoms with Crippen LogP contribution in [-0.2, 0) is 29.4 Å². The first-order valence-electron chi connectivity index (χ1n) is 9.40. The van der Waals surface area contributed by atoms with Crippen LogP contribution < -0.4 is 0 Å². The largest absolute Gasteiger partial charge is 0.358 e. The van der Waals surface area contributed by atoms with Crippen molar-refractivity contribution < 1.29 is 23.7 Å². The summed E-state index contributed by atoms with van der Waals surface area (Å²) in [6.07, 6.45) is -0.654. The van der Waals surface area contributed by atoms with Crippen LogP contribution in [0.2, 0.25) is 0 Å². The van der Waals surface area contributed by atoms with Crippen LogP contribution in [0.25, 0.3) is 0 Å². The Bertz CT molecular complexity index is 707. The Labute approximate surface area is 174 Å². The third kappa shape index (κ3) is 3.64. The Hall–Kier alpha value is -0.610. The molecular formula is C20H27NO5S2. The standard InChI is InChI=1S/C20H27NO5S2/c1-19(22-3)20(2,23-4)26-17-15-18(28-12-21-15)24-14(16(17)25-19)11-27-10-13-8-6-5-7-9-13/h5-9,12,14-18H,10-11H2,1-4H3/t14-,15-,16-,17-,18-,19+,20+/m1/s1. The van der Waals surface area contributed by atoms with Crippen molar-refractivity contribution in [3.63, 3.8) is 0 Å². The van der Waals surface area contributed by atoms with Gasteiger partial charge in [0.05, 0.1) is 11.7 Å². The Morgan fingerprint density at radius 1 is 1.07 bits per heavy atom. The van der Waals surface area contributed by atoms with Gasteiger partial charge in [0.15, 0.2) is 0 Å². The fraction of sp³-hybridized carbons (Fsp3) is 0.650. The summed E-state index contributed by atoms with van der Waals surface area (Å²) >= 11 is 3.43. The molecule has 7 atom stereocenters. The average molecular weight is 426 g/mol. The fourth-order valence-corrected chi connectivity index (χ4v) is 5.78. The van der Waals surface area contributed by atoms with Gasteiger partial charge >= 0.3 is 0 Å². The lowest BCUT2D eigenvalue weighted by molar-refractivity contribution is -0.462. The van der Waals surface area contributed by atoms with Crippen LogP contribution in [0.1, 0.15) is 19.4 Å². The molecule has 6 nitrogen and oxygen atoms in total. The van der Waals surface area contributed by atoms with E-state index in [-0.39, 0.29) is 29.8 Å². The van der Waals surface area contributed by atoms with Gasteiger partial charge < -0.3 is 23.7 Å². The van der Waals surface area contributed by atoms with Gasteiger partial charge in [0.25, 0.3) is 0 Å². The van der Waals surface area contributed by atoms with Gasteiger partial charge in [-0.3, -0.25) is 4.99 Å². The average Bonchev–Trinajstić information content (AvgIpc) is 3.18. The summed E-state index contributed by atoms with van der Waals surface area (Å²) in [4.78, 5) is 4.58.